The first kappa shape index (κ1) is 14.5. The zero-order valence-corrected chi connectivity index (χ0v) is 12.9. The van der Waals surface area contributed by atoms with Gasteiger partial charge in [-0.05, 0) is 42.0 Å². The molecule has 0 bridgehead atoms. The van der Waals surface area contributed by atoms with E-state index in [0.717, 1.165) is 16.0 Å². The zero-order chi connectivity index (χ0) is 15.1. The average Bonchev–Trinajstić information content (AvgIpc) is 2.77. The highest BCUT2D eigenvalue weighted by Crippen LogP contribution is 2.37. The maximum absolute atomic E-state index is 14.3. The van der Waals surface area contributed by atoms with Crippen molar-refractivity contribution in [1.82, 2.24) is 0 Å². The third-order valence-electron chi connectivity index (χ3n) is 3.66. The summed E-state index contributed by atoms with van der Waals surface area (Å²) >= 11 is 7.65. The van der Waals surface area contributed by atoms with Gasteiger partial charge in [0.05, 0.1) is 11.1 Å². The van der Waals surface area contributed by atoms with Crippen molar-refractivity contribution in [2.24, 2.45) is 5.73 Å². The maximum atomic E-state index is 14.3. The molecule has 0 saturated carbocycles. The predicted molar refractivity (Wildman–Crippen MR) is 83.4 cm³/mol. The van der Waals surface area contributed by atoms with Crippen LogP contribution in [0.4, 0.5) is 10.1 Å². The highest BCUT2D eigenvalue weighted by atomic mass is 35.5. The largest absolute Gasteiger partial charge is 0.326 e. The number of carbonyl (C=O) groups is 1. The number of thiophene rings is 1. The van der Waals surface area contributed by atoms with Gasteiger partial charge in [0.1, 0.15) is 5.82 Å². The van der Waals surface area contributed by atoms with Crippen molar-refractivity contribution in [3.05, 3.63) is 49.9 Å². The quantitative estimate of drug-likeness (QED) is 0.883. The topological polar surface area (TPSA) is 55.1 Å². The van der Waals surface area contributed by atoms with Crippen LogP contribution in [-0.2, 0) is 11.2 Å². The second-order valence-corrected chi connectivity index (χ2v) is 6.44. The van der Waals surface area contributed by atoms with Crippen LogP contribution in [0.3, 0.4) is 0 Å². The number of rotatable bonds is 2. The van der Waals surface area contributed by atoms with Crippen LogP contribution < -0.4 is 11.1 Å². The lowest BCUT2D eigenvalue weighted by Crippen LogP contribution is -2.21. The van der Waals surface area contributed by atoms with Crippen LogP contribution >= 0.6 is 22.9 Å². The van der Waals surface area contributed by atoms with E-state index in [9.17, 15) is 9.18 Å². The molecule has 0 saturated heterocycles. The summed E-state index contributed by atoms with van der Waals surface area (Å²) in [4.78, 5) is 12.1. The Kier molecular flexibility index (Phi) is 3.73. The van der Waals surface area contributed by atoms with E-state index < -0.39 is 11.9 Å². The van der Waals surface area contributed by atoms with E-state index in [1.54, 1.807) is 6.07 Å². The molecular weight excluding hydrogens is 311 g/mol. The SMILES string of the molecule is Cc1csc(C(N)c2cc3c(cc2F)NC(=O)CC3)c1Cl. The van der Waals surface area contributed by atoms with Crippen molar-refractivity contribution < 1.29 is 9.18 Å². The Labute approximate surface area is 130 Å². The highest BCUT2D eigenvalue weighted by Gasteiger charge is 2.23. The predicted octanol–water partition coefficient (Wildman–Crippen LogP) is 3.78. The van der Waals surface area contributed by atoms with Gasteiger partial charge < -0.3 is 11.1 Å². The van der Waals surface area contributed by atoms with Crippen LogP contribution in [0.15, 0.2) is 17.5 Å². The average molecular weight is 325 g/mol. The number of fused-ring (bicyclic) bond motifs is 1. The molecule has 0 aliphatic carbocycles. The summed E-state index contributed by atoms with van der Waals surface area (Å²) in [7, 11) is 0. The monoisotopic (exact) mass is 324 g/mol. The number of carbonyl (C=O) groups excluding carboxylic acids is 1. The minimum Gasteiger partial charge on any atom is -0.326 e. The summed E-state index contributed by atoms with van der Waals surface area (Å²) in [5.74, 6) is -0.513. The molecule has 21 heavy (non-hydrogen) atoms. The molecule has 110 valence electrons. The molecule has 1 unspecified atom stereocenters. The van der Waals surface area contributed by atoms with Crippen LogP contribution in [0, 0.1) is 12.7 Å². The number of nitrogens with two attached hydrogens (primary N) is 1. The number of nitrogens with one attached hydrogen (secondary N) is 1. The molecule has 0 fully saturated rings. The van der Waals surface area contributed by atoms with Gasteiger partial charge in [-0.3, -0.25) is 4.79 Å². The molecule has 1 atom stereocenters. The first-order valence-corrected chi connectivity index (χ1v) is 7.84. The lowest BCUT2D eigenvalue weighted by Gasteiger charge is -2.20. The van der Waals surface area contributed by atoms with Gasteiger partial charge >= 0.3 is 0 Å². The molecule has 1 amide bonds. The van der Waals surface area contributed by atoms with Gasteiger partial charge in [0, 0.05) is 22.5 Å². The molecule has 1 aromatic carbocycles. The molecule has 0 radical (unpaired) electrons. The summed E-state index contributed by atoms with van der Waals surface area (Å²) in [6, 6.07) is 2.48. The molecule has 6 heteroatoms. The number of benzene rings is 1. The third-order valence-corrected chi connectivity index (χ3v) is 5.46. The van der Waals surface area contributed by atoms with Gasteiger partial charge in [0.15, 0.2) is 0 Å². The Hall–Kier alpha value is -1.43. The lowest BCUT2D eigenvalue weighted by molar-refractivity contribution is -0.116. The van der Waals surface area contributed by atoms with Crippen molar-refractivity contribution in [2.45, 2.75) is 25.8 Å². The van der Waals surface area contributed by atoms with Gasteiger partial charge in [-0.2, -0.15) is 0 Å². The Morgan fingerprint density at radius 1 is 1.43 bits per heavy atom. The fourth-order valence-corrected chi connectivity index (χ4v) is 3.79. The Morgan fingerprint density at radius 3 is 2.86 bits per heavy atom. The van der Waals surface area contributed by atoms with Gasteiger partial charge in [-0.15, -0.1) is 11.3 Å². The lowest BCUT2D eigenvalue weighted by atomic mass is 9.96. The molecule has 3 N–H and O–H groups in total. The van der Waals surface area contributed by atoms with E-state index in [4.69, 9.17) is 17.3 Å². The van der Waals surface area contributed by atoms with Crippen LogP contribution in [0.2, 0.25) is 5.02 Å². The number of halogens is 2. The number of hydrogen-bond acceptors (Lipinski definition) is 3. The summed E-state index contributed by atoms with van der Waals surface area (Å²) in [5, 5.41) is 5.18. The molecule has 3 nitrogen and oxygen atoms in total. The normalized spacial score (nSPS) is 15.5. The van der Waals surface area contributed by atoms with E-state index in [1.165, 1.54) is 17.4 Å². The zero-order valence-electron chi connectivity index (χ0n) is 11.4. The van der Waals surface area contributed by atoms with E-state index >= 15 is 0 Å². The standard InChI is InChI=1S/C15H14ClFN2OS/c1-7-6-21-15(13(7)16)14(18)9-4-8-2-3-12(20)19-11(8)5-10(9)17/h4-6,14H,2-3,18H2,1H3,(H,19,20). The highest BCUT2D eigenvalue weighted by molar-refractivity contribution is 7.10. The summed E-state index contributed by atoms with van der Waals surface area (Å²) in [6.07, 6.45) is 1.00. The summed E-state index contributed by atoms with van der Waals surface area (Å²) in [5.41, 5.74) is 8.99. The van der Waals surface area contributed by atoms with E-state index in [2.05, 4.69) is 5.32 Å². The van der Waals surface area contributed by atoms with Crippen molar-refractivity contribution in [3.63, 3.8) is 0 Å². The second-order valence-electron chi connectivity index (χ2n) is 5.15. The van der Waals surface area contributed by atoms with Gasteiger partial charge in [-0.25, -0.2) is 4.39 Å². The van der Waals surface area contributed by atoms with Crippen molar-refractivity contribution >= 4 is 34.5 Å². The van der Waals surface area contributed by atoms with Crippen molar-refractivity contribution in [3.8, 4) is 0 Å². The molecule has 0 spiro atoms. The Balaban J connectivity index is 2.03. The fraction of sp³-hybridized carbons (Fsp3) is 0.267. The van der Waals surface area contributed by atoms with Crippen LogP contribution in [0.1, 0.15) is 34.0 Å². The van der Waals surface area contributed by atoms with Crippen LogP contribution in [0.25, 0.3) is 0 Å². The molecule has 1 aromatic heterocycles. The van der Waals surface area contributed by atoms with Gasteiger partial charge in [0.2, 0.25) is 5.91 Å². The third kappa shape index (κ3) is 2.57. The number of aryl methyl sites for hydroxylation is 2. The maximum Gasteiger partial charge on any atom is 0.224 e. The molecule has 2 heterocycles. The molecule has 2 aromatic rings. The minimum absolute atomic E-state index is 0.0872. The smallest absolute Gasteiger partial charge is 0.224 e. The van der Waals surface area contributed by atoms with Gasteiger partial charge in [-0.1, -0.05) is 11.6 Å². The van der Waals surface area contributed by atoms with Crippen molar-refractivity contribution in [2.75, 3.05) is 5.32 Å². The van der Waals surface area contributed by atoms with E-state index in [-0.39, 0.29) is 5.91 Å². The molecule has 1 aliphatic rings. The minimum atomic E-state index is -0.598. The fourth-order valence-electron chi connectivity index (χ4n) is 2.46. The first-order valence-electron chi connectivity index (χ1n) is 6.58. The molecular formula is C15H14ClFN2OS. The molecule has 3 rings (SSSR count). The molecule has 1 aliphatic heterocycles. The van der Waals surface area contributed by atoms with Crippen LogP contribution in [-0.4, -0.2) is 5.91 Å². The van der Waals surface area contributed by atoms with Crippen LogP contribution in [0.5, 0.6) is 0 Å². The Morgan fingerprint density at radius 2 is 2.19 bits per heavy atom. The number of anilines is 1. The second kappa shape index (κ2) is 5.40. The van der Waals surface area contributed by atoms with E-state index in [1.807, 2.05) is 12.3 Å². The number of amides is 1. The summed E-state index contributed by atoms with van der Waals surface area (Å²) < 4.78 is 14.3. The van der Waals surface area contributed by atoms with Gasteiger partial charge in [0.25, 0.3) is 0 Å². The number of hydrogen-bond donors (Lipinski definition) is 2. The summed E-state index contributed by atoms with van der Waals surface area (Å²) in [6.45, 7) is 1.90. The van der Waals surface area contributed by atoms with E-state index in [0.29, 0.717) is 29.1 Å². The Bertz CT molecular complexity index is 729. The first-order chi connectivity index (χ1) is 9.97. The van der Waals surface area contributed by atoms with Crippen molar-refractivity contribution in [1.29, 1.82) is 0 Å².